The largest absolute Gasteiger partial charge is 0.497 e. The number of amides is 2. The van der Waals surface area contributed by atoms with Crippen molar-refractivity contribution in [3.63, 3.8) is 0 Å². The Balaban J connectivity index is 1.57. The van der Waals surface area contributed by atoms with Gasteiger partial charge in [0.1, 0.15) is 17.6 Å². The molecule has 4 atom stereocenters. The van der Waals surface area contributed by atoms with Crippen LogP contribution in [0.5, 0.6) is 5.75 Å². The van der Waals surface area contributed by atoms with Gasteiger partial charge in [-0.3, -0.25) is 19.4 Å². The van der Waals surface area contributed by atoms with Crippen LogP contribution >= 0.6 is 0 Å². The number of rotatable bonds is 4. The van der Waals surface area contributed by atoms with Gasteiger partial charge in [0.2, 0.25) is 11.8 Å². The monoisotopic (exact) mass is 419 g/mol. The number of halogens is 1. The molecule has 0 aromatic heterocycles. The fourth-order valence-electron chi connectivity index (χ4n) is 4.63. The fraction of sp³-hybridized carbons (Fsp3) is 0.217. The van der Waals surface area contributed by atoms with E-state index in [4.69, 9.17) is 4.74 Å². The number of allylic oxidation sites excluding steroid dienone is 1. The number of Topliss-reactive ketones (excluding diaryl/α,β-unsaturated/α-hetero) is 1. The highest BCUT2D eigenvalue weighted by molar-refractivity contribution is 6.24. The van der Waals surface area contributed by atoms with Crippen LogP contribution < -0.4 is 9.64 Å². The van der Waals surface area contributed by atoms with Gasteiger partial charge in [-0.05, 0) is 42.5 Å². The summed E-state index contributed by atoms with van der Waals surface area (Å²) in [5, 5.41) is 5.82. The first-order chi connectivity index (χ1) is 15.0. The number of ether oxygens (including phenoxy) is 1. The molecule has 8 heteroatoms. The summed E-state index contributed by atoms with van der Waals surface area (Å²) in [7, 11) is 1.53. The molecule has 0 unspecified atom stereocenters. The predicted molar refractivity (Wildman–Crippen MR) is 110 cm³/mol. The Kier molecular flexibility index (Phi) is 4.43. The summed E-state index contributed by atoms with van der Waals surface area (Å²) < 4.78 is 19.6. The van der Waals surface area contributed by atoms with Crippen molar-refractivity contribution in [3.8, 4) is 5.75 Å². The molecule has 156 valence electrons. The van der Waals surface area contributed by atoms with Gasteiger partial charge >= 0.3 is 0 Å². The molecule has 2 amide bonds. The van der Waals surface area contributed by atoms with Crippen LogP contribution in [-0.4, -0.2) is 48.0 Å². The molecule has 7 nitrogen and oxygen atoms in total. The summed E-state index contributed by atoms with van der Waals surface area (Å²) in [5.74, 6) is -3.32. The number of nitrogens with zero attached hydrogens (tertiary/aromatic N) is 3. The van der Waals surface area contributed by atoms with E-state index in [9.17, 15) is 18.8 Å². The van der Waals surface area contributed by atoms with Gasteiger partial charge in [-0.15, -0.1) is 0 Å². The topological polar surface area (TPSA) is 79.3 Å². The van der Waals surface area contributed by atoms with E-state index in [0.29, 0.717) is 11.3 Å². The Labute approximate surface area is 177 Å². The molecule has 0 radical (unpaired) electrons. The second kappa shape index (κ2) is 7.16. The third kappa shape index (κ3) is 2.78. The van der Waals surface area contributed by atoms with E-state index in [0.717, 1.165) is 4.90 Å². The van der Waals surface area contributed by atoms with E-state index in [1.54, 1.807) is 42.5 Å². The number of carbonyl (C=O) groups is 3. The maximum Gasteiger partial charge on any atom is 0.240 e. The summed E-state index contributed by atoms with van der Waals surface area (Å²) in [4.78, 5) is 41.0. The molecule has 2 saturated heterocycles. The minimum atomic E-state index is -0.974. The summed E-state index contributed by atoms with van der Waals surface area (Å²) in [6, 6.07) is 10.6. The van der Waals surface area contributed by atoms with Crippen molar-refractivity contribution >= 4 is 29.5 Å². The smallest absolute Gasteiger partial charge is 0.240 e. The molecule has 5 rings (SSSR count). The molecule has 3 heterocycles. The molecule has 2 aromatic rings. The molecule has 3 aliphatic rings. The second-order valence-electron chi connectivity index (χ2n) is 7.57. The lowest BCUT2D eigenvalue weighted by Crippen LogP contribution is -2.46. The third-order valence-electron chi connectivity index (χ3n) is 6.03. The van der Waals surface area contributed by atoms with E-state index in [1.165, 1.54) is 36.5 Å². The molecule has 0 aliphatic carbocycles. The maximum atomic E-state index is 14.4. The highest BCUT2D eigenvalue weighted by atomic mass is 19.1. The summed E-state index contributed by atoms with van der Waals surface area (Å²) >= 11 is 0. The van der Waals surface area contributed by atoms with Crippen LogP contribution in [0.3, 0.4) is 0 Å². The Morgan fingerprint density at radius 1 is 1.03 bits per heavy atom. The van der Waals surface area contributed by atoms with Gasteiger partial charge in [0.05, 0.1) is 30.7 Å². The normalized spacial score (nSPS) is 26.3. The summed E-state index contributed by atoms with van der Waals surface area (Å²) in [5.41, 5.74) is 0.275. The average molecular weight is 419 g/mol. The highest BCUT2D eigenvalue weighted by Gasteiger charge is 2.64. The number of hydrogen-bond donors (Lipinski definition) is 0. The van der Waals surface area contributed by atoms with Crippen LogP contribution in [0, 0.1) is 17.7 Å². The molecule has 2 aromatic carbocycles. The maximum absolute atomic E-state index is 14.4. The second-order valence-corrected chi connectivity index (χ2v) is 7.57. The number of methoxy groups -OCH3 is 1. The van der Waals surface area contributed by atoms with Crippen molar-refractivity contribution in [3.05, 3.63) is 72.1 Å². The molecular formula is C23H18FN3O4. The number of hydrazone groups is 1. The van der Waals surface area contributed by atoms with Gasteiger partial charge in [0.15, 0.2) is 5.78 Å². The van der Waals surface area contributed by atoms with E-state index in [2.05, 4.69) is 5.10 Å². The lowest BCUT2D eigenvalue weighted by atomic mass is 9.86. The number of ketones is 1. The SMILES string of the molecule is COc1ccc(C(=O)[C@H]2[C@H]3C(=O)N(c4ccccc4F)C(=O)[C@@H]3[C@H]3C=CC=NN32)cc1. The first-order valence-corrected chi connectivity index (χ1v) is 9.82. The Hall–Kier alpha value is -3.81. The van der Waals surface area contributed by atoms with Crippen LogP contribution in [0.15, 0.2) is 65.8 Å². The van der Waals surface area contributed by atoms with Crippen LogP contribution in [0.2, 0.25) is 0 Å². The first-order valence-electron chi connectivity index (χ1n) is 9.82. The third-order valence-corrected chi connectivity index (χ3v) is 6.03. The van der Waals surface area contributed by atoms with Gasteiger partial charge < -0.3 is 4.74 Å². The molecule has 0 saturated carbocycles. The molecule has 2 fully saturated rings. The number of carbonyl (C=O) groups excluding carboxylic acids is 3. The van der Waals surface area contributed by atoms with Crippen molar-refractivity contribution in [1.29, 1.82) is 0 Å². The van der Waals surface area contributed by atoms with Gasteiger partial charge in [-0.2, -0.15) is 5.10 Å². The van der Waals surface area contributed by atoms with Crippen LogP contribution in [0.25, 0.3) is 0 Å². The zero-order valence-electron chi connectivity index (χ0n) is 16.5. The molecule has 0 bridgehead atoms. The molecule has 31 heavy (non-hydrogen) atoms. The van der Waals surface area contributed by atoms with Gasteiger partial charge in [-0.1, -0.05) is 18.2 Å². The number of imide groups is 1. The van der Waals surface area contributed by atoms with Crippen LogP contribution in [-0.2, 0) is 9.59 Å². The van der Waals surface area contributed by atoms with Crippen molar-refractivity contribution in [2.24, 2.45) is 16.9 Å². The predicted octanol–water partition coefficient (Wildman–Crippen LogP) is 2.43. The minimum Gasteiger partial charge on any atom is -0.497 e. The number of benzene rings is 2. The van der Waals surface area contributed by atoms with E-state index < -0.39 is 41.6 Å². The summed E-state index contributed by atoms with van der Waals surface area (Å²) in [6.45, 7) is 0. The number of para-hydroxylation sites is 1. The van der Waals surface area contributed by atoms with Crippen molar-refractivity contribution in [2.45, 2.75) is 12.1 Å². The first kappa shape index (κ1) is 19.2. The van der Waals surface area contributed by atoms with Crippen molar-refractivity contribution in [2.75, 3.05) is 12.0 Å². The molecule has 0 N–H and O–H groups in total. The van der Waals surface area contributed by atoms with Gasteiger partial charge in [0.25, 0.3) is 0 Å². The van der Waals surface area contributed by atoms with Gasteiger partial charge in [-0.25, -0.2) is 9.29 Å². The Bertz CT molecular complexity index is 1140. The number of anilines is 1. The van der Waals surface area contributed by atoms with Gasteiger partial charge in [0, 0.05) is 11.8 Å². The molecule has 3 aliphatic heterocycles. The zero-order chi connectivity index (χ0) is 21.7. The molecule has 0 spiro atoms. The van der Waals surface area contributed by atoms with Crippen molar-refractivity contribution in [1.82, 2.24) is 5.01 Å². The van der Waals surface area contributed by atoms with E-state index >= 15 is 0 Å². The Morgan fingerprint density at radius 2 is 1.74 bits per heavy atom. The quantitative estimate of drug-likeness (QED) is 0.562. The Morgan fingerprint density at radius 3 is 2.45 bits per heavy atom. The lowest BCUT2D eigenvalue weighted by molar-refractivity contribution is -0.123. The lowest BCUT2D eigenvalue weighted by Gasteiger charge is -2.30. The van der Waals surface area contributed by atoms with Crippen LogP contribution in [0.4, 0.5) is 10.1 Å². The minimum absolute atomic E-state index is 0.0996. The fourth-order valence-corrected chi connectivity index (χ4v) is 4.63. The highest BCUT2D eigenvalue weighted by Crippen LogP contribution is 2.46. The number of fused-ring (bicyclic) bond motifs is 3. The van der Waals surface area contributed by atoms with Crippen molar-refractivity contribution < 1.29 is 23.5 Å². The number of hydrogen-bond acceptors (Lipinski definition) is 6. The standard InChI is InChI=1S/C23H18FN3O4/c1-31-14-10-8-13(9-11-14)21(28)20-19-18(17-7-4-12-25-27(17)20)22(29)26(23(19)30)16-6-3-2-5-15(16)24/h2-12,17-20H,1H3/t17-,18-,19+,20-/m1/s1. The molecular weight excluding hydrogens is 401 g/mol. The summed E-state index contributed by atoms with van der Waals surface area (Å²) in [6.07, 6.45) is 4.96. The zero-order valence-corrected chi connectivity index (χ0v) is 16.5. The average Bonchev–Trinajstić information content (AvgIpc) is 3.27. The van der Waals surface area contributed by atoms with E-state index in [-0.39, 0.29) is 11.5 Å². The van der Waals surface area contributed by atoms with Crippen LogP contribution in [0.1, 0.15) is 10.4 Å². The van der Waals surface area contributed by atoms with E-state index in [1.807, 2.05) is 0 Å².